The topological polar surface area (TPSA) is 92.1 Å². The molecule has 28 heavy (non-hydrogen) atoms. The van der Waals surface area contributed by atoms with E-state index in [1.54, 1.807) is 23.1 Å². The van der Waals surface area contributed by atoms with Gasteiger partial charge in [0.2, 0.25) is 5.91 Å². The lowest BCUT2D eigenvalue weighted by Gasteiger charge is -2.34. The van der Waals surface area contributed by atoms with Crippen LogP contribution in [-0.4, -0.2) is 68.5 Å². The summed E-state index contributed by atoms with van der Waals surface area (Å²) < 4.78 is 1.76. The zero-order valence-electron chi connectivity index (χ0n) is 15.5. The molecule has 0 bridgehead atoms. The van der Waals surface area contributed by atoms with E-state index in [1.165, 1.54) is 0 Å². The Kier molecular flexibility index (Phi) is 5.36. The van der Waals surface area contributed by atoms with Crippen LogP contribution in [0.5, 0.6) is 0 Å². The molecule has 3 aromatic rings. The lowest BCUT2D eigenvalue weighted by molar-refractivity contribution is -0.117. The van der Waals surface area contributed by atoms with Gasteiger partial charge in [-0.15, -0.1) is 5.10 Å². The number of amides is 1. The van der Waals surface area contributed by atoms with Crippen LogP contribution in [0.4, 0.5) is 11.5 Å². The first-order valence-corrected chi connectivity index (χ1v) is 9.58. The molecule has 1 amide bonds. The lowest BCUT2D eigenvalue weighted by atomic mass is 10.3. The predicted octanol–water partition coefficient (Wildman–Crippen LogP) is 1.66. The SMILES string of the molecule is CCn1nnc2c(N3CCN(CC(=O)Nc4cccc(Cl)c4)CC3)ncnc21. The van der Waals surface area contributed by atoms with Crippen LogP contribution in [0.1, 0.15) is 6.92 Å². The second-order valence-electron chi connectivity index (χ2n) is 6.60. The fourth-order valence-electron chi connectivity index (χ4n) is 3.31. The minimum absolute atomic E-state index is 0.0500. The summed E-state index contributed by atoms with van der Waals surface area (Å²) in [6, 6.07) is 7.15. The highest BCUT2D eigenvalue weighted by Crippen LogP contribution is 2.21. The number of benzene rings is 1. The summed E-state index contributed by atoms with van der Waals surface area (Å²) in [7, 11) is 0. The van der Waals surface area contributed by atoms with Crippen LogP contribution in [0.15, 0.2) is 30.6 Å². The van der Waals surface area contributed by atoms with Crippen LogP contribution in [0.25, 0.3) is 11.2 Å². The largest absolute Gasteiger partial charge is 0.352 e. The number of piperazine rings is 1. The average Bonchev–Trinajstić information content (AvgIpc) is 3.12. The van der Waals surface area contributed by atoms with Crippen molar-refractivity contribution in [3.63, 3.8) is 0 Å². The highest BCUT2D eigenvalue weighted by Gasteiger charge is 2.23. The van der Waals surface area contributed by atoms with Gasteiger partial charge in [-0.3, -0.25) is 9.69 Å². The van der Waals surface area contributed by atoms with Gasteiger partial charge in [-0.2, -0.15) is 0 Å². The Bertz CT molecular complexity index is 983. The summed E-state index contributed by atoms with van der Waals surface area (Å²) in [5.41, 5.74) is 2.17. The van der Waals surface area contributed by atoms with Gasteiger partial charge < -0.3 is 10.2 Å². The van der Waals surface area contributed by atoms with E-state index in [-0.39, 0.29) is 5.91 Å². The van der Waals surface area contributed by atoms with Gasteiger partial charge in [0.15, 0.2) is 17.0 Å². The van der Waals surface area contributed by atoms with Crippen LogP contribution in [-0.2, 0) is 11.3 Å². The standard InChI is InChI=1S/C18H21ClN8O/c1-2-27-18-16(23-24-27)17(20-12-21-18)26-8-6-25(7-9-26)11-15(28)22-14-5-3-4-13(19)10-14/h3-5,10,12H,2,6-9,11H2,1H3,(H,22,28). The summed E-state index contributed by atoms with van der Waals surface area (Å²) in [4.78, 5) is 25.3. The molecule has 1 N–H and O–H groups in total. The quantitative estimate of drug-likeness (QED) is 0.696. The third kappa shape index (κ3) is 3.90. The number of fused-ring (bicyclic) bond motifs is 1. The zero-order chi connectivity index (χ0) is 19.5. The van der Waals surface area contributed by atoms with Crippen molar-refractivity contribution in [2.24, 2.45) is 0 Å². The molecule has 1 aromatic carbocycles. The highest BCUT2D eigenvalue weighted by molar-refractivity contribution is 6.30. The lowest BCUT2D eigenvalue weighted by Crippen LogP contribution is -2.49. The fraction of sp³-hybridized carbons (Fsp3) is 0.389. The van der Waals surface area contributed by atoms with Gasteiger partial charge in [-0.25, -0.2) is 14.6 Å². The highest BCUT2D eigenvalue weighted by atomic mass is 35.5. The first-order chi connectivity index (χ1) is 13.6. The van der Waals surface area contributed by atoms with Gasteiger partial charge in [0.1, 0.15) is 6.33 Å². The monoisotopic (exact) mass is 400 g/mol. The number of hydrogen-bond donors (Lipinski definition) is 1. The summed E-state index contributed by atoms with van der Waals surface area (Å²) in [6.07, 6.45) is 1.55. The zero-order valence-corrected chi connectivity index (χ0v) is 16.3. The minimum Gasteiger partial charge on any atom is -0.352 e. The molecule has 4 rings (SSSR count). The molecule has 1 saturated heterocycles. The summed E-state index contributed by atoms with van der Waals surface area (Å²) in [5.74, 6) is 0.749. The van der Waals surface area contributed by atoms with E-state index in [0.717, 1.165) is 43.2 Å². The van der Waals surface area contributed by atoms with Gasteiger partial charge in [-0.1, -0.05) is 22.9 Å². The number of nitrogens with one attached hydrogen (secondary N) is 1. The van der Waals surface area contributed by atoms with Gasteiger partial charge >= 0.3 is 0 Å². The van der Waals surface area contributed by atoms with Gasteiger partial charge in [0, 0.05) is 43.4 Å². The molecule has 0 spiro atoms. The minimum atomic E-state index is -0.0500. The van der Waals surface area contributed by atoms with Crippen molar-refractivity contribution >= 4 is 40.2 Å². The summed E-state index contributed by atoms with van der Waals surface area (Å²) >= 11 is 5.96. The molecule has 146 valence electrons. The van der Waals surface area contributed by atoms with E-state index in [9.17, 15) is 4.79 Å². The van der Waals surface area contributed by atoms with Crippen molar-refractivity contribution in [2.45, 2.75) is 13.5 Å². The van der Waals surface area contributed by atoms with Crippen LogP contribution in [0.3, 0.4) is 0 Å². The van der Waals surface area contributed by atoms with Gasteiger partial charge in [0.25, 0.3) is 0 Å². The number of carbonyl (C=O) groups excluding carboxylic acids is 1. The van der Waals surface area contributed by atoms with Crippen molar-refractivity contribution in [1.82, 2.24) is 29.9 Å². The molecule has 3 heterocycles. The molecule has 0 aliphatic carbocycles. The summed E-state index contributed by atoms with van der Waals surface area (Å²) in [5, 5.41) is 11.9. The Balaban J connectivity index is 1.36. The molecule has 0 unspecified atom stereocenters. The van der Waals surface area contributed by atoms with Crippen LogP contribution in [0, 0.1) is 0 Å². The molecule has 1 aliphatic heterocycles. The second-order valence-corrected chi connectivity index (χ2v) is 7.03. The third-order valence-electron chi connectivity index (χ3n) is 4.73. The normalized spacial score (nSPS) is 15.1. The Morgan fingerprint density at radius 3 is 2.79 bits per heavy atom. The molecule has 2 aromatic heterocycles. The maximum Gasteiger partial charge on any atom is 0.238 e. The van der Waals surface area contributed by atoms with Crippen molar-refractivity contribution in [3.05, 3.63) is 35.6 Å². The van der Waals surface area contributed by atoms with E-state index >= 15 is 0 Å². The van der Waals surface area contributed by atoms with E-state index < -0.39 is 0 Å². The predicted molar refractivity (Wildman–Crippen MR) is 108 cm³/mol. The molecule has 0 saturated carbocycles. The second kappa shape index (κ2) is 8.07. The van der Waals surface area contributed by atoms with E-state index in [1.807, 2.05) is 19.1 Å². The number of nitrogens with zero attached hydrogens (tertiary/aromatic N) is 7. The van der Waals surface area contributed by atoms with Crippen LogP contribution < -0.4 is 10.2 Å². The van der Waals surface area contributed by atoms with Crippen molar-refractivity contribution in [3.8, 4) is 0 Å². The van der Waals surface area contributed by atoms with E-state index in [0.29, 0.717) is 23.8 Å². The number of halogens is 1. The summed E-state index contributed by atoms with van der Waals surface area (Å²) in [6.45, 7) is 6.09. The van der Waals surface area contributed by atoms with E-state index in [2.05, 4.69) is 35.4 Å². The Hall–Kier alpha value is -2.78. The molecular formula is C18H21ClN8O. The molecule has 0 radical (unpaired) electrons. The molecule has 1 aliphatic rings. The Morgan fingerprint density at radius 1 is 1.21 bits per heavy atom. The van der Waals surface area contributed by atoms with Crippen molar-refractivity contribution in [2.75, 3.05) is 42.9 Å². The maximum absolute atomic E-state index is 12.3. The first kappa shape index (κ1) is 18.6. The van der Waals surface area contributed by atoms with Crippen molar-refractivity contribution in [1.29, 1.82) is 0 Å². The number of rotatable bonds is 5. The number of hydrogen-bond acceptors (Lipinski definition) is 7. The molecule has 10 heteroatoms. The molecule has 9 nitrogen and oxygen atoms in total. The molecule has 1 fully saturated rings. The van der Waals surface area contributed by atoms with Crippen LogP contribution in [0.2, 0.25) is 5.02 Å². The smallest absolute Gasteiger partial charge is 0.238 e. The fourth-order valence-corrected chi connectivity index (χ4v) is 3.50. The molecular weight excluding hydrogens is 380 g/mol. The van der Waals surface area contributed by atoms with Crippen molar-refractivity contribution < 1.29 is 4.79 Å². The van der Waals surface area contributed by atoms with E-state index in [4.69, 9.17) is 11.6 Å². The number of carbonyl (C=O) groups is 1. The Labute approximate surface area is 167 Å². The Morgan fingerprint density at radius 2 is 2.04 bits per heavy atom. The third-order valence-corrected chi connectivity index (χ3v) is 4.96. The van der Waals surface area contributed by atoms with Gasteiger partial charge in [-0.05, 0) is 25.1 Å². The number of anilines is 2. The average molecular weight is 401 g/mol. The molecule has 0 atom stereocenters. The van der Waals surface area contributed by atoms with Gasteiger partial charge in [0.05, 0.1) is 6.54 Å². The van der Waals surface area contributed by atoms with Crippen LogP contribution >= 0.6 is 11.6 Å². The number of aryl methyl sites for hydroxylation is 1. The number of aromatic nitrogens is 5. The maximum atomic E-state index is 12.3. The first-order valence-electron chi connectivity index (χ1n) is 9.21.